The molecule has 1 aliphatic rings. The molecule has 0 bridgehead atoms. The lowest BCUT2D eigenvalue weighted by molar-refractivity contribution is 0.101. The number of aromatic nitrogens is 2. The summed E-state index contributed by atoms with van der Waals surface area (Å²) in [4.78, 5) is 15.0. The van der Waals surface area contributed by atoms with Gasteiger partial charge in [-0.2, -0.15) is 5.10 Å². The van der Waals surface area contributed by atoms with Gasteiger partial charge < -0.3 is 19.7 Å². The summed E-state index contributed by atoms with van der Waals surface area (Å²) in [7, 11) is 3.39. The Hall–Kier alpha value is -3.32. The minimum Gasteiger partial charge on any atom is -0.497 e. The van der Waals surface area contributed by atoms with Gasteiger partial charge in [-0.15, -0.1) is 0 Å². The lowest BCUT2D eigenvalue weighted by Gasteiger charge is -2.28. The molecule has 2 heterocycles. The molecule has 29 heavy (non-hydrogen) atoms. The fourth-order valence-corrected chi connectivity index (χ4v) is 3.38. The maximum atomic E-state index is 12.8. The van der Waals surface area contributed by atoms with Gasteiger partial charge in [-0.1, -0.05) is 12.1 Å². The smallest absolute Gasteiger partial charge is 0.273 e. The largest absolute Gasteiger partial charge is 0.497 e. The van der Waals surface area contributed by atoms with Crippen LogP contribution in [0, 0.1) is 0 Å². The molecule has 0 aliphatic carbocycles. The predicted molar refractivity (Wildman–Crippen MR) is 113 cm³/mol. The van der Waals surface area contributed by atoms with E-state index in [9.17, 15) is 4.79 Å². The van der Waals surface area contributed by atoms with Crippen molar-refractivity contribution in [1.82, 2.24) is 9.78 Å². The van der Waals surface area contributed by atoms with Gasteiger partial charge in [0.15, 0.2) is 0 Å². The summed E-state index contributed by atoms with van der Waals surface area (Å²) >= 11 is 0. The maximum absolute atomic E-state index is 12.8. The second kappa shape index (κ2) is 8.36. The summed E-state index contributed by atoms with van der Waals surface area (Å²) < 4.78 is 12.2. The highest BCUT2D eigenvalue weighted by molar-refractivity contribution is 6.03. The second-order valence-corrected chi connectivity index (χ2v) is 6.87. The van der Waals surface area contributed by atoms with Crippen molar-refractivity contribution in [2.24, 2.45) is 7.05 Å². The lowest BCUT2D eigenvalue weighted by Crippen LogP contribution is -2.36. The van der Waals surface area contributed by atoms with E-state index in [1.807, 2.05) is 48.5 Å². The molecule has 1 fully saturated rings. The number of ether oxygens (including phenoxy) is 2. The van der Waals surface area contributed by atoms with E-state index in [0.29, 0.717) is 5.69 Å². The molecule has 0 saturated carbocycles. The second-order valence-electron chi connectivity index (χ2n) is 6.87. The molecule has 1 N–H and O–H groups in total. The third kappa shape index (κ3) is 4.25. The van der Waals surface area contributed by atoms with Crippen LogP contribution in [0.4, 0.5) is 11.4 Å². The van der Waals surface area contributed by atoms with Crippen molar-refractivity contribution in [2.45, 2.75) is 0 Å². The number of hydrogen-bond acceptors (Lipinski definition) is 5. The van der Waals surface area contributed by atoms with E-state index in [2.05, 4.69) is 15.3 Å². The van der Waals surface area contributed by atoms with Crippen molar-refractivity contribution in [2.75, 3.05) is 43.6 Å². The molecule has 0 unspecified atom stereocenters. The van der Waals surface area contributed by atoms with Crippen LogP contribution >= 0.6 is 0 Å². The molecule has 1 aromatic heterocycles. The van der Waals surface area contributed by atoms with Crippen molar-refractivity contribution in [3.05, 3.63) is 60.3 Å². The summed E-state index contributed by atoms with van der Waals surface area (Å²) in [6, 6.07) is 17.3. The number of methoxy groups -OCH3 is 1. The Balaban J connectivity index is 1.47. The Morgan fingerprint density at radius 1 is 1.10 bits per heavy atom. The highest BCUT2D eigenvalue weighted by Gasteiger charge is 2.16. The van der Waals surface area contributed by atoms with E-state index in [0.717, 1.165) is 54.7 Å². The molecular formula is C22H24N4O3. The maximum Gasteiger partial charge on any atom is 0.273 e. The van der Waals surface area contributed by atoms with Crippen molar-refractivity contribution in [3.8, 4) is 17.0 Å². The summed E-state index contributed by atoms with van der Waals surface area (Å²) in [5, 5.41) is 7.42. The Bertz CT molecular complexity index is 992. The van der Waals surface area contributed by atoms with Gasteiger partial charge in [0.1, 0.15) is 11.4 Å². The number of carbonyl (C=O) groups excluding carboxylic acids is 1. The topological polar surface area (TPSA) is 68.6 Å². The number of benzene rings is 2. The average molecular weight is 392 g/mol. The molecule has 1 saturated heterocycles. The molecule has 0 atom stereocenters. The number of amides is 1. The zero-order valence-corrected chi connectivity index (χ0v) is 16.6. The fourth-order valence-electron chi connectivity index (χ4n) is 3.38. The molecular weight excluding hydrogens is 368 g/mol. The van der Waals surface area contributed by atoms with Crippen LogP contribution in [0.1, 0.15) is 10.5 Å². The van der Waals surface area contributed by atoms with Crippen molar-refractivity contribution in [3.63, 3.8) is 0 Å². The Labute approximate surface area is 169 Å². The summed E-state index contributed by atoms with van der Waals surface area (Å²) in [6.45, 7) is 3.25. The van der Waals surface area contributed by atoms with E-state index in [1.54, 1.807) is 24.9 Å². The number of aryl methyl sites for hydroxylation is 1. The van der Waals surface area contributed by atoms with Crippen molar-refractivity contribution in [1.29, 1.82) is 0 Å². The monoisotopic (exact) mass is 392 g/mol. The third-order valence-electron chi connectivity index (χ3n) is 4.98. The van der Waals surface area contributed by atoms with Gasteiger partial charge in [0.25, 0.3) is 5.91 Å². The number of nitrogens with one attached hydrogen (secondary N) is 1. The molecule has 4 rings (SSSR count). The van der Waals surface area contributed by atoms with E-state index < -0.39 is 0 Å². The first-order valence-corrected chi connectivity index (χ1v) is 9.56. The SMILES string of the molecule is COc1cccc(-c2cc(C(=O)Nc3ccc(N4CCOCC4)cc3)n(C)n2)c1. The molecule has 7 nitrogen and oxygen atoms in total. The van der Waals surface area contributed by atoms with E-state index in [4.69, 9.17) is 9.47 Å². The van der Waals surface area contributed by atoms with Crippen LogP contribution in [0.2, 0.25) is 0 Å². The molecule has 1 amide bonds. The van der Waals surface area contributed by atoms with Gasteiger partial charge in [0, 0.05) is 37.1 Å². The van der Waals surface area contributed by atoms with Gasteiger partial charge in [0.2, 0.25) is 0 Å². The summed E-state index contributed by atoms with van der Waals surface area (Å²) in [6.07, 6.45) is 0. The van der Waals surface area contributed by atoms with Crippen LogP contribution in [-0.2, 0) is 11.8 Å². The minimum atomic E-state index is -0.201. The Morgan fingerprint density at radius 3 is 2.59 bits per heavy atom. The molecule has 0 radical (unpaired) electrons. The van der Waals surface area contributed by atoms with Crippen LogP contribution in [0.5, 0.6) is 5.75 Å². The molecule has 1 aliphatic heterocycles. The van der Waals surface area contributed by atoms with E-state index >= 15 is 0 Å². The quantitative estimate of drug-likeness (QED) is 0.722. The Morgan fingerprint density at radius 2 is 1.86 bits per heavy atom. The third-order valence-corrected chi connectivity index (χ3v) is 4.98. The summed E-state index contributed by atoms with van der Waals surface area (Å²) in [5.41, 5.74) is 3.98. The first kappa shape index (κ1) is 19.0. The average Bonchev–Trinajstić information content (AvgIpc) is 3.17. The standard InChI is InChI=1S/C22H24N4O3/c1-25-21(15-20(24-25)16-4-3-5-19(14-16)28-2)22(27)23-17-6-8-18(9-7-17)26-10-12-29-13-11-26/h3-9,14-15H,10-13H2,1-2H3,(H,23,27). The number of hydrogen-bond donors (Lipinski definition) is 1. The normalized spacial score (nSPS) is 13.9. The van der Waals surface area contributed by atoms with E-state index in [1.165, 1.54) is 0 Å². The van der Waals surface area contributed by atoms with Crippen molar-refractivity contribution >= 4 is 17.3 Å². The minimum absolute atomic E-state index is 0.201. The summed E-state index contributed by atoms with van der Waals surface area (Å²) in [5.74, 6) is 0.549. The van der Waals surface area contributed by atoms with Gasteiger partial charge in [0.05, 0.1) is 26.0 Å². The van der Waals surface area contributed by atoms with Crippen LogP contribution in [0.3, 0.4) is 0 Å². The van der Waals surface area contributed by atoms with Crippen LogP contribution < -0.4 is 15.0 Å². The fraction of sp³-hybridized carbons (Fsp3) is 0.273. The highest BCUT2D eigenvalue weighted by atomic mass is 16.5. The number of rotatable bonds is 5. The molecule has 2 aromatic carbocycles. The number of nitrogens with zero attached hydrogens (tertiary/aromatic N) is 3. The first-order chi connectivity index (χ1) is 14.1. The zero-order chi connectivity index (χ0) is 20.2. The van der Waals surface area contributed by atoms with Gasteiger partial charge in [-0.3, -0.25) is 9.48 Å². The predicted octanol–water partition coefficient (Wildman–Crippen LogP) is 3.18. The van der Waals surface area contributed by atoms with Gasteiger partial charge >= 0.3 is 0 Å². The highest BCUT2D eigenvalue weighted by Crippen LogP contribution is 2.24. The van der Waals surface area contributed by atoms with Crippen LogP contribution in [0.15, 0.2) is 54.6 Å². The van der Waals surface area contributed by atoms with Gasteiger partial charge in [-0.05, 0) is 42.5 Å². The van der Waals surface area contributed by atoms with Gasteiger partial charge in [-0.25, -0.2) is 0 Å². The van der Waals surface area contributed by atoms with Crippen LogP contribution in [0.25, 0.3) is 11.3 Å². The Kier molecular flexibility index (Phi) is 5.48. The molecule has 0 spiro atoms. The lowest BCUT2D eigenvalue weighted by atomic mass is 10.1. The van der Waals surface area contributed by atoms with Crippen molar-refractivity contribution < 1.29 is 14.3 Å². The van der Waals surface area contributed by atoms with Crippen LogP contribution in [-0.4, -0.2) is 49.1 Å². The number of morpholine rings is 1. The zero-order valence-electron chi connectivity index (χ0n) is 16.6. The number of anilines is 2. The molecule has 3 aromatic rings. The van der Waals surface area contributed by atoms with E-state index in [-0.39, 0.29) is 5.91 Å². The number of carbonyl (C=O) groups is 1. The first-order valence-electron chi connectivity index (χ1n) is 9.56. The molecule has 150 valence electrons. The molecule has 7 heteroatoms.